The van der Waals surface area contributed by atoms with Crippen LogP contribution in [0.4, 0.5) is 11.4 Å². The van der Waals surface area contributed by atoms with Crippen LogP contribution in [-0.4, -0.2) is 103 Å². The Labute approximate surface area is 304 Å². The number of nitrogens with zero attached hydrogens (tertiary/aromatic N) is 2. The van der Waals surface area contributed by atoms with Crippen LogP contribution in [0, 0.1) is 6.92 Å². The van der Waals surface area contributed by atoms with E-state index in [0.29, 0.717) is 38.4 Å². The van der Waals surface area contributed by atoms with Gasteiger partial charge in [0.1, 0.15) is 6.54 Å². The number of aliphatic hydroxyl groups excluding tert-OH is 1. The maximum Gasteiger partial charge on any atom is 0.322 e. The Morgan fingerprint density at radius 1 is 0.706 bits per heavy atom. The van der Waals surface area contributed by atoms with E-state index in [1.54, 1.807) is 24.3 Å². The molecule has 0 saturated carbocycles. The molecule has 3 aromatic carbocycles. The van der Waals surface area contributed by atoms with Gasteiger partial charge in [-0.25, -0.2) is 0 Å². The molecular formula is C39H60N6O6. The van der Waals surface area contributed by atoms with E-state index in [2.05, 4.69) is 52.0 Å². The summed E-state index contributed by atoms with van der Waals surface area (Å²) in [5, 5.41) is 23.7. The Morgan fingerprint density at radius 3 is 1.53 bits per heavy atom. The molecule has 1 aliphatic rings. The van der Waals surface area contributed by atoms with Crippen molar-refractivity contribution in [2.75, 3.05) is 63.6 Å². The summed E-state index contributed by atoms with van der Waals surface area (Å²) >= 11 is 0. The molecule has 1 fully saturated rings. The van der Waals surface area contributed by atoms with Crippen LogP contribution in [0.3, 0.4) is 0 Å². The highest BCUT2D eigenvalue weighted by molar-refractivity contribution is 5.93. The van der Waals surface area contributed by atoms with E-state index in [4.69, 9.17) is 15.9 Å². The molecule has 1 unspecified atom stereocenters. The number of rotatable bonds is 12. The number of aliphatic carboxylic acids is 1. The Hall–Kier alpha value is -4.62. The minimum absolute atomic E-state index is 0.0552. The van der Waals surface area contributed by atoms with Gasteiger partial charge in [-0.05, 0) is 55.2 Å². The third-order valence-electron chi connectivity index (χ3n) is 7.23. The van der Waals surface area contributed by atoms with E-state index in [1.807, 2.05) is 69.9 Å². The van der Waals surface area contributed by atoms with Gasteiger partial charge in [-0.2, -0.15) is 0 Å². The van der Waals surface area contributed by atoms with Crippen LogP contribution in [0.2, 0.25) is 0 Å². The lowest BCUT2D eigenvalue weighted by molar-refractivity contribution is -0.138. The molecule has 0 bridgehead atoms. The van der Waals surface area contributed by atoms with Gasteiger partial charge in [0.2, 0.25) is 17.7 Å². The zero-order chi connectivity index (χ0) is 38.6. The highest BCUT2D eigenvalue weighted by atomic mass is 16.4. The number of amides is 3. The second-order valence-corrected chi connectivity index (χ2v) is 11.0. The average Bonchev–Trinajstić information content (AvgIpc) is 3.16. The van der Waals surface area contributed by atoms with Crippen LogP contribution >= 0.6 is 0 Å². The highest BCUT2D eigenvalue weighted by Crippen LogP contribution is 2.12. The summed E-state index contributed by atoms with van der Waals surface area (Å²) in [5.74, 6) is -1.86. The van der Waals surface area contributed by atoms with Crippen LogP contribution < -0.4 is 21.7 Å². The number of carbonyl (C=O) groups excluding carboxylic acids is 3. The van der Waals surface area contributed by atoms with Crippen molar-refractivity contribution in [3.8, 4) is 0 Å². The number of piperazine rings is 1. The lowest BCUT2D eigenvalue weighted by Crippen LogP contribution is -2.50. The monoisotopic (exact) mass is 708 g/mol. The van der Waals surface area contributed by atoms with Gasteiger partial charge in [-0.3, -0.25) is 29.0 Å². The molecule has 282 valence electrons. The molecule has 1 heterocycles. The van der Waals surface area contributed by atoms with Crippen molar-refractivity contribution in [3.05, 3.63) is 95.6 Å². The van der Waals surface area contributed by atoms with E-state index >= 15 is 0 Å². The standard InChI is InChI=1S/C26H34N6O5.C8H10.2C2H6.CH4O/c1-18-2-6-20(7-3-18)29-23(33)16-31-10-12-32(13-11-31)17-24(34)30-21-8-4-19(5-9-21)14-22(27)26(37)28-15-25(35)36;1-2-8-6-4-3-5-7-8;3*1-2/h2-9,22H,10-17,27H2,1H3,(H,28,37)(H,29,33)(H,30,34)(H,35,36);3-7H,2H2,1H3;2*1-2H3;2H,1H3. The number of carbonyl (C=O) groups is 4. The number of hydrogen-bond donors (Lipinski definition) is 6. The normalized spacial score (nSPS) is 12.6. The van der Waals surface area contributed by atoms with Crippen molar-refractivity contribution in [1.29, 1.82) is 0 Å². The lowest BCUT2D eigenvalue weighted by Gasteiger charge is -2.33. The Morgan fingerprint density at radius 2 is 1.14 bits per heavy atom. The van der Waals surface area contributed by atoms with E-state index in [0.717, 1.165) is 30.3 Å². The van der Waals surface area contributed by atoms with E-state index in [9.17, 15) is 19.2 Å². The van der Waals surface area contributed by atoms with Crippen molar-refractivity contribution in [2.45, 2.75) is 60.4 Å². The molecule has 0 aliphatic carbocycles. The molecule has 7 N–H and O–H groups in total. The lowest BCUT2D eigenvalue weighted by atomic mass is 10.1. The molecule has 0 aromatic heterocycles. The first-order chi connectivity index (χ1) is 24.6. The zero-order valence-electron chi connectivity index (χ0n) is 31.4. The molecular weight excluding hydrogens is 648 g/mol. The van der Waals surface area contributed by atoms with Gasteiger partial charge >= 0.3 is 5.97 Å². The number of aliphatic hydroxyl groups is 1. The van der Waals surface area contributed by atoms with Crippen LogP contribution in [0.1, 0.15) is 51.3 Å². The van der Waals surface area contributed by atoms with Gasteiger partial charge in [-0.15, -0.1) is 0 Å². The van der Waals surface area contributed by atoms with Crippen LogP contribution in [0.15, 0.2) is 78.9 Å². The van der Waals surface area contributed by atoms with Gasteiger partial charge in [-0.1, -0.05) is 94.8 Å². The topological polar surface area (TPSA) is 177 Å². The molecule has 0 radical (unpaired) electrons. The third-order valence-corrected chi connectivity index (χ3v) is 7.23. The molecule has 4 rings (SSSR count). The first kappa shape index (κ1) is 46.4. The molecule has 12 nitrogen and oxygen atoms in total. The predicted octanol–water partition coefficient (Wildman–Crippen LogP) is 4.17. The Kier molecular flexibility index (Phi) is 25.6. The van der Waals surface area contributed by atoms with Gasteiger partial charge in [0.15, 0.2) is 0 Å². The Bertz CT molecular complexity index is 1380. The van der Waals surface area contributed by atoms with Gasteiger partial charge in [0, 0.05) is 44.7 Å². The zero-order valence-corrected chi connectivity index (χ0v) is 31.4. The first-order valence-electron chi connectivity index (χ1n) is 17.5. The fourth-order valence-corrected chi connectivity index (χ4v) is 4.63. The maximum atomic E-state index is 12.5. The number of carboxylic acids is 1. The molecule has 1 atom stereocenters. The molecule has 51 heavy (non-hydrogen) atoms. The number of aryl methyl sites for hydroxylation is 2. The minimum Gasteiger partial charge on any atom is -0.480 e. The number of carboxylic acid groups (broad SMARTS) is 1. The van der Waals surface area contributed by atoms with Gasteiger partial charge < -0.3 is 31.9 Å². The second kappa shape index (κ2) is 28.1. The summed E-state index contributed by atoms with van der Waals surface area (Å²) in [5.41, 5.74) is 10.6. The van der Waals surface area contributed by atoms with Gasteiger partial charge in [0.05, 0.1) is 19.1 Å². The first-order valence-corrected chi connectivity index (χ1v) is 17.5. The number of benzene rings is 3. The van der Waals surface area contributed by atoms with Crippen molar-refractivity contribution < 1.29 is 29.4 Å². The summed E-state index contributed by atoms with van der Waals surface area (Å²) in [7, 11) is 1.00. The van der Waals surface area contributed by atoms with Crippen LogP contribution in [0.5, 0.6) is 0 Å². The molecule has 3 aromatic rings. The number of nitrogens with one attached hydrogen (secondary N) is 3. The molecule has 1 aliphatic heterocycles. The highest BCUT2D eigenvalue weighted by Gasteiger charge is 2.21. The Balaban J connectivity index is 0.00000152. The summed E-state index contributed by atoms with van der Waals surface area (Å²) in [4.78, 5) is 51.3. The van der Waals surface area contributed by atoms with Crippen LogP contribution in [0.25, 0.3) is 0 Å². The van der Waals surface area contributed by atoms with Crippen LogP contribution in [-0.2, 0) is 32.0 Å². The molecule has 12 heteroatoms. The average molecular weight is 709 g/mol. The maximum absolute atomic E-state index is 12.5. The number of hydrogen-bond acceptors (Lipinski definition) is 8. The van der Waals surface area contributed by atoms with E-state index in [-0.39, 0.29) is 24.8 Å². The molecule has 1 saturated heterocycles. The summed E-state index contributed by atoms with van der Waals surface area (Å²) in [6.07, 6.45) is 1.38. The van der Waals surface area contributed by atoms with E-state index in [1.165, 1.54) is 5.56 Å². The summed E-state index contributed by atoms with van der Waals surface area (Å²) in [6.45, 7) is 15.0. The number of anilines is 2. The van der Waals surface area contributed by atoms with Gasteiger partial charge in [0.25, 0.3) is 0 Å². The van der Waals surface area contributed by atoms with Crippen molar-refractivity contribution in [1.82, 2.24) is 15.1 Å². The summed E-state index contributed by atoms with van der Waals surface area (Å²) < 4.78 is 0. The van der Waals surface area contributed by atoms with Crippen molar-refractivity contribution in [3.63, 3.8) is 0 Å². The molecule has 3 amide bonds. The largest absolute Gasteiger partial charge is 0.480 e. The fourth-order valence-electron chi connectivity index (χ4n) is 4.63. The summed E-state index contributed by atoms with van der Waals surface area (Å²) in [6, 6.07) is 24.3. The van der Waals surface area contributed by atoms with Crippen molar-refractivity contribution in [2.24, 2.45) is 5.73 Å². The number of nitrogens with two attached hydrogens (primary N) is 1. The SMILES string of the molecule is CC.CC.CCc1ccccc1.CO.Cc1ccc(NC(=O)CN2CCN(CC(=O)Nc3ccc(CC(N)C(=O)NCC(=O)O)cc3)CC2)cc1. The second-order valence-electron chi connectivity index (χ2n) is 11.0. The van der Waals surface area contributed by atoms with E-state index < -0.39 is 24.5 Å². The minimum atomic E-state index is -1.14. The quantitative estimate of drug-likeness (QED) is 0.161. The third kappa shape index (κ3) is 20.6. The smallest absolute Gasteiger partial charge is 0.322 e. The predicted molar refractivity (Wildman–Crippen MR) is 207 cm³/mol. The van der Waals surface area contributed by atoms with Crippen molar-refractivity contribution >= 4 is 35.1 Å². The fraction of sp³-hybridized carbons (Fsp3) is 0.436. The molecule has 0 spiro atoms.